The molecule has 0 spiro atoms. The quantitative estimate of drug-likeness (QED) is 0.747. The molecule has 1 fully saturated rings. The molecule has 3 heterocycles. The molecule has 0 aliphatic carbocycles. The molecule has 1 aromatic carbocycles. The van der Waals surface area contributed by atoms with E-state index in [0.29, 0.717) is 21.9 Å². The fourth-order valence-corrected chi connectivity index (χ4v) is 4.59. The van der Waals surface area contributed by atoms with Crippen LogP contribution in [0.2, 0.25) is 0 Å². The number of thiophene rings is 1. The second kappa shape index (κ2) is 6.02. The molecule has 2 atom stereocenters. The molecule has 5 nitrogen and oxygen atoms in total. The average molecular weight is 370 g/mol. The van der Waals surface area contributed by atoms with Crippen LogP contribution >= 0.6 is 11.3 Å². The zero-order chi connectivity index (χ0) is 18.6. The highest BCUT2D eigenvalue weighted by Crippen LogP contribution is 2.40. The number of aryl methyl sites for hydroxylation is 2. The van der Waals surface area contributed by atoms with Crippen LogP contribution in [0.25, 0.3) is 10.2 Å². The Morgan fingerprint density at radius 3 is 2.81 bits per heavy atom. The summed E-state index contributed by atoms with van der Waals surface area (Å²) in [5.41, 5.74) is 9.45. The van der Waals surface area contributed by atoms with Crippen molar-refractivity contribution in [1.29, 1.82) is 0 Å². The van der Waals surface area contributed by atoms with Gasteiger partial charge < -0.3 is 10.6 Å². The van der Waals surface area contributed by atoms with Gasteiger partial charge in [0.2, 0.25) is 0 Å². The van der Waals surface area contributed by atoms with Crippen molar-refractivity contribution in [2.45, 2.75) is 32.7 Å². The molecule has 26 heavy (non-hydrogen) atoms. The second-order valence-electron chi connectivity index (χ2n) is 6.80. The minimum atomic E-state index is -0.252. The van der Waals surface area contributed by atoms with E-state index in [9.17, 15) is 9.18 Å². The molecule has 1 aliphatic heterocycles. The minimum absolute atomic E-state index is 0.0113. The maximum atomic E-state index is 13.5. The molecule has 0 saturated carbocycles. The van der Waals surface area contributed by atoms with Gasteiger partial charge in [-0.15, -0.1) is 16.4 Å². The van der Waals surface area contributed by atoms with Gasteiger partial charge in [0.15, 0.2) is 0 Å². The molecule has 2 aromatic heterocycles. The Labute approximate surface area is 154 Å². The summed E-state index contributed by atoms with van der Waals surface area (Å²) in [6.07, 6.45) is 0. The van der Waals surface area contributed by atoms with Crippen molar-refractivity contribution < 1.29 is 9.18 Å². The Balaban J connectivity index is 1.62. The highest BCUT2D eigenvalue weighted by atomic mass is 32.1. The van der Waals surface area contributed by atoms with Gasteiger partial charge in [-0.1, -0.05) is 12.1 Å². The maximum Gasteiger partial charge on any atom is 0.266 e. The number of rotatable bonds is 2. The Morgan fingerprint density at radius 2 is 2.12 bits per heavy atom. The van der Waals surface area contributed by atoms with E-state index in [1.165, 1.54) is 17.4 Å². The van der Waals surface area contributed by atoms with Gasteiger partial charge >= 0.3 is 0 Å². The Morgan fingerprint density at radius 1 is 1.35 bits per heavy atom. The van der Waals surface area contributed by atoms with Gasteiger partial charge in [0.1, 0.15) is 15.5 Å². The minimum Gasteiger partial charge on any atom is -0.397 e. The summed E-state index contributed by atoms with van der Waals surface area (Å²) < 4.78 is 13.5. The van der Waals surface area contributed by atoms with E-state index in [2.05, 4.69) is 10.2 Å². The molecule has 2 N–H and O–H groups in total. The first-order chi connectivity index (χ1) is 12.4. The van der Waals surface area contributed by atoms with E-state index in [4.69, 9.17) is 5.73 Å². The van der Waals surface area contributed by atoms with Crippen LogP contribution in [-0.4, -0.2) is 33.6 Å². The molecular formula is C19H19FN4OS. The number of fused-ring (bicyclic) bond motifs is 1. The van der Waals surface area contributed by atoms with Crippen LogP contribution < -0.4 is 5.73 Å². The fourth-order valence-electron chi connectivity index (χ4n) is 3.53. The zero-order valence-corrected chi connectivity index (χ0v) is 15.6. The summed E-state index contributed by atoms with van der Waals surface area (Å²) in [4.78, 5) is 16.0. The van der Waals surface area contributed by atoms with Crippen LogP contribution in [0.1, 0.15) is 39.3 Å². The molecule has 2 unspecified atom stereocenters. The van der Waals surface area contributed by atoms with Gasteiger partial charge in [-0.25, -0.2) is 4.39 Å². The number of nitrogens with zero attached hydrogens (tertiary/aromatic N) is 3. The van der Waals surface area contributed by atoms with Crippen molar-refractivity contribution in [3.63, 3.8) is 0 Å². The highest BCUT2D eigenvalue weighted by molar-refractivity contribution is 7.21. The van der Waals surface area contributed by atoms with E-state index in [0.717, 1.165) is 22.2 Å². The zero-order valence-electron chi connectivity index (χ0n) is 14.8. The molecule has 1 amide bonds. The van der Waals surface area contributed by atoms with Gasteiger partial charge in [0, 0.05) is 23.9 Å². The van der Waals surface area contributed by atoms with Gasteiger partial charge in [0.05, 0.1) is 11.4 Å². The summed E-state index contributed by atoms with van der Waals surface area (Å²) in [5.74, 6) is -0.214. The van der Waals surface area contributed by atoms with E-state index < -0.39 is 0 Å². The topological polar surface area (TPSA) is 72.1 Å². The number of nitrogens with two attached hydrogens (primary N) is 1. The lowest BCUT2D eigenvalue weighted by molar-refractivity contribution is 0.0413. The third-order valence-corrected chi connectivity index (χ3v) is 6.41. The van der Waals surface area contributed by atoms with E-state index in [-0.39, 0.29) is 23.7 Å². The summed E-state index contributed by atoms with van der Waals surface area (Å²) in [6, 6.07) is 6.57. The Kier molecular flexibility index (Phi) is 3.91. The normalized spacial score (nSPS) is 19.6. The van der Waals surface area contributed by atoms with E-state index in [1.807, 2.05) is 26.8 Å². The number of amides is 1. The van der Waals surface area contributed by atoms with Crippen molar-refractivity contribution >= 4 is 33.1 Å². The van der Waals surface area contributed by atoms with Gasteiger partial charge in [-0.05, 0) is 44.0 Å². The Bertz CT molecular complexity index is 1030. The van der Waals surface area contributed by atoms with Crippen molar-refractivity contribution in [2.24, 2.45) is 0 Å². The van der Waals surface area contributed by atoms with Crippen molar-refractivity contribution in [1.82, 2.24) is 15.1 Å². The summed E-state index contributed by atoms with van der Waals surface area (Å²) in [5, 5.41) is 9.12. The fraction of sp³-hybridized carbons (Fsp3) is 0.316. The Hall–Kier alpha value is -2.54. The first-order valence-corrected chi connectivity index (χ1v) is 9.28. The van der Waals surface area contributed by atoms with Crippen molar-refractivity contribution in [2.75, 3.05) is 12.3 Å². The van der Waals surface area contributed by atoms with Crippen LogP contribution in [0.4, 0.5) is 10.1 Å². The molecule has 0 radical (unpaired) electrons. The third-order valence-electron chi connectivity index (χ3n) is 5.33. The number of benzene rings is 1. The van der Waals surface area contributed by atoms with Gasteiger partial charge in [-0.2, -0.15) is 5.10 Å². The number of carbonyl (C=O) groups is 1. The number of carbonyl (C=O) groups excluding carboxylic acids is 1. The molecule has 0 bridgehead atoms. The molecule has 7 heteroatoms. The molecule has 3 aromatic rings. The number of nitrogen functional groups attached to an aromatic ring is 1. The first kappa shape index (κ1) is 16.9. The predicted molar refractivity (Wildman–Crippen MR) is 101 cm³/mol. The second-order valence-corrected chi connectivity index (χ2v) is 7.79. The number of likely N-dealkylation sites (tertiary alicyclic amines) is 1. The van der Waals surface area contributed by atoms with Crippen LogP contribution in [0.15, 0.2) is 24.3 Å². The molecule has 4 rings (SSSR count). The molecule has 134 valence electrons. The monoisotopic (exact) mass is 370 g/mol. The average Bonchev–Trinajstić information content (AvgIpc) is 2.94. The third kappa shape index (κ3) is 2.46. The number of aromatic nitrogens is 2. The van der Waals surface area contributed by atoms with E-state index in [1.54, 1.807) is 17.0 Å². The van der Waals surface area contributed by atoms with Crippen LogP contribution in [0, 0.1) is 19.7 Å². The summed E-state index contributed by atoms with van der Waals surface area (Å²) in [7, 11) is 0. The van der Waals surface area contributed by atoms with Crippen molar-refractivity contribution in [3.05, 3.63) is 51.8 Å². The van der Waals surface area contributed by atoms with Crippen LogP contribution in [0.5, 0.6) is 0 Å². The summed E-state index contributed by atoms with van der Waals surface area (Å²) in [6.45, 7) is 6.36. The van der Waals surface area contributed by atoms with Gasteiger partial charge in [0.25, 0.3) is 5.91 Å². The lowest BCUT2D eigenvalue weighted by Gasteiger charge is -2.46. The SMILES string of the molecule is Cc1nnc2sc(C(=O)N3CC(c4cccc(F)c4)C3C)c(N)c2c1C. The number of hydrogen-bond donors (Lipinski definition) is 1. The van der Waals surface area contributed by atoms with Crippen LogP contribution in [-0.2, 0) is 0 Å². The standard InChI is InChI=1S/C19H19FN4OS/c1-9-10(2)22-23-18-15(9)16(21)17(26-18)19(25)24-8-14(11(24)3)12-5-4-6-13(20)7-12/h4-7,11,14H,8,21H2,1-3H3. The highest BCUT2D eigenvalue weighted by Gasteiger charge is 2.41. The predicted octanol–water partition coefficient (Wildman–Crippen LogP) is 3.66. The van der Waals surface area contributed by atoms with E-state index >= 15 is 0 Å². The first-order valence-electron chi connectivity index (χ1n) is 8.46. The smallest absolute Gasteiger partial charge is 0.266 e. The lowest BCUT2D eigenvalue weighted by Crippen LogP contribution is -2.55. The molecular weight excluding hydrogens is 351 g/mol. The largest absolute Gasteiger partial charge is 0.397 e. The number of hydrogen-bond acceptors (Lipinski definition) is 5. The van der Waals surface area contributed by atoms with Crippen LogP contribution in [0.3, 0.4) is 0 Å². The van der Waals surface area contributed by atoms with Gasteiger partial charge in [-0.3, -0.25) is 4.79 Å². The maximum absolute atomic E-state index is 13.5. The number of halogens is 1. The molecule has 1 aliphatic rings. The number of anilines is 1. The van der Waals surface area contributed by atoms with Crippen molar-refractivity contribution in [3.8, 4) is 0 Å². The lowest BCUT2D eigenvalue weighted by atomic mass is 9.83. The summed E-state index contributed by atoms with van der Waals surface area (Å²) >= 11 is 1.28. The molecule has 1 saturated heterocycles.